The predicted molar refractivity (Wildman–Crippen MR) is 57.4 cm³/mol. The van der Waals surface area contributed by atoms with E-state index in [0.29, 0.717) is 5.56 Å². The molecular formula is C11H14N2O2. The molecule has 2 rings (SSSR count). The van der Waals surface area contributed by atoms with Gasteiger partial charge < -0.3 is 14.8 Å². The Morgan fingerprint density at radius 2 is 2.07 bits per heavy atom. The second-order valence-electron chi connectivity index (χ2n) is 3.79. The lowest BCUT2D eigenvalue weighted by molar-refractivity contribution is 0.0306. The lowest BCUT2D eigenvalue weighted by atomic mass is 10.1. The van der Waals surface area contributed by atoms with Crippen molar-refractivity contribution < 1.29 is 10.2 Å². The van der Waals surface area contributed by atoms with E-state index in [1.165, 1.54) is 0 Å². The van der Waals surface area contributed by atoms with E-state index in [-0.39, 0.29) is 0 Å². The molecule has 2 aromatic rings. The number of aromatic nitrogens is 2. The fourth-order valence-electron chi connectivity index (χ4n) is 1.62. The van der Waals surface area contributed by atoms with Gasteiger partial charge in [-0.3, -0.25) is 0 Å². The lowest BCUT2D eigenvalue weighted by Gasteiger charge is -2.13. The van der Waals surface area contributed by atoms with E-state index in [4.69, 9.17) is 0 Å². The van der Waals surface area contributed by atoms with Gasteiger partial charge in [-0.2, -0.15) is 0 Å². The first kappa shape index (κ1) is 10.1. The van der Waals surface area contributed by atoms with Crippen LogP contribution in [0.15, 0.2) is 24.5 Å². The number of benzene rings is 1. The van der Waals surface area contributed by atoms with E-state index in [9.17, 15) is 10.2 Å². The van der Waals surface area contributed by atoms with Crippen LogP contribution >= 0.6 is 0 Å². The maximum absolute atomic E-state index is 9.68. The van der Waals surface area contributed by atoms with Gasteiger partial charge in [-0.1, -0.05) is 6.07 Å². The smallest absolute Gasteiger partial charge is 0.105 e. The van der Waals surface area contributed by atoms with E-state index in [0.717, 1.165) is 11.0 Å². The van der Waals surface area contributed by atoms with Gasteiger partial charge in [0.05, 0.1) is 23.5 Å². The average molecular weight is 206 g/mol. The molecule has 0 aliphatic heterocycles. The highest BCUT2D eigenvalue weighted by atomic mass is 16.3. The first-order valence-corrected chi connectivity index (χ1v) is 4.86. The van der Waals surface area contributed by atoms with Crippen LogP contribution in [-0.4, -0.2) is 25.9 Å². The fraction of sp³-hybridized carbons (Fsp3) is 0.364. The Hall–Kier alpha value is -1.39. The number of nitrogens with zero attached hydrogens (tertiary/aromatic N) is 2. The number of aryl methyl sites for hydroxylation is 1. The fourth-order valence-corrected chi connectivity index (χ4v) is 1.62. The number of imidazole rings is 1. The lowest BCUT2D eigenvalue weighted by Crippen LogP contribution is -2.13. The molecule has 0 radical (unpaired) electrons. The Kier molecular flexibility index (Phi) is 2.46. The second kappa shape index (κ2) is 3.64. The topological polar surface area (TPSA) is 58.3 Å². The van der Waals surface area contributed by atoms with Crippen molar-refractivity contribution in [3.05, 3.63) is 30.1 Å². The van der Waals surface area contributed by atoms with Crippen LogP contribution in [0.2, 0.25) is 0 Å². The zero-order valence-electron chi connectivity index (χ0n) is 8.75. The number of fused-ring (bicyclic) bond motifs is 1. The van der Waals surface area contributed by atoms with Crippen molar-refractivity contribution in [3.8, 4) is 0 Å². The molecule has 0 saturated carbocycles. The van der Waals surface area contributed by atoms with E-state index in [2.05, 4.69) is 4.98 Å². The average Bonchev–Trinajstić information content (AvgIpc) is 2.59. The van der Waals surface area contributed by atoms with Crippen molar-refractivity contribution in [1.82, 2.24) is 9.55 Å². The van der Waals surface area contributed by atoms with Gasteiger partial charge in [-0.05, 0) is 24.6 Å². The second-order valence-corrected chi connectivity index (χ2v) is 3.79. The van der Waals surface area contributed by atoms with Crippen LogP contribution in [0, 0.1) is 0 Å². The molecule has 4 nitrogen and oxygen atoms in total. The Morgan fingerprint density at radius 3 is 2.73 bits per heavy atom. The van der Waals surface area contributed by atoms with Crippen LogP contribution in [0.1, 0.15) is 18.6 Å². The zero-order valence-corrected chi connectivity index (χ0v) is 8.75. The number of aliphatic hydroxyl groups is 2. The molecule has 0 aliphatic carbocycles. The molecule has 2 N–H and O–H groups in total. The molecule has 1 aromatic carbocycles. The number of hydrogen-bond acceptors (Lipinski definition) is 3. The van der Waals surface area contributed by atoms with Crippen LogP contribution in [0.25, 0.3) is 11.0 Å². The maximum Gasteiger partial charge on any atom is 0.105 e. The van der Waals surface area contributed by atoms with Crippen molar-refractivity contribution in [2.45, 2.75) is 19.1 Å². The largest absolute Gasteiger partial charge is 0.390 e. The zero-order chi connectivity index (χ0) is 11.0. The van der Waals surface area contributed by atoms with Gasteiger partial charge in [0.15, 0.2) is 0 Å². The molecule has 4 heteroatoms. The molecule has 0 spiro atoms. The van der Waals surface area contributed by atoms with Gasteiger partial charge in [0.2, 0.25) is 0 Å². The number of aliphatic hydroxyl groups excluding tert-OH is 2. The SMILES string of the molecule is CC(O)C(O)c1ccc2c(c1)ncn2C. The van der Waals surface area contributed by atoms with Crippen molar-refractivity contribution >= 4 is 11.0 Å². The van der Waals surface area contributed by atoms with Crippen LogP contribution in [0.5, 0.6) is 0 Å². The summed E-state index contributed by atoms with van der Waals surface area (Å²) in [5.74, 6) is 0. The first-order chi connectivity index (χ1) is 7.09. The normalized spacial score (nSPS) is 15.5. The van der Waals surface area contributed by atoms with Crippen molar-refractivity contribution in [2.24, 2.45) is 7.05 Å². The summed E-state index contributed by atoms with van der Waals surface area (Å²) in [4.78, 5) is 4.19. The monoisotopic (exact) mass is 206 g/mol. The third-order valence-electron chi connectivity index (χ3n) is 2.55. The first-order valence-electron chi connectivity index (χ1n) is 4.86. The molecule has 2 unspecified atom stereocenters. The third-order valence-corrected chi connectivity index (χ3v) is 2.55. The van der Waals surface area contributed by atoms with E-state index < -0.39 is 12.2 Å². The van der Waals surface area contributed by atoms with E-state index >= 15 is 0 Å². The van der Waals surface area contributed by atoms with Gasteiger partial charge in [0.25, 0.3) is 0 Å². The minimum absolute atomic E-state index is 0.691. The quantitative estimate of drug-likeness (QED) is 0.770. The van der Waals surface area contributed by atoms with Crippen molar-refractivity contribution in [1.29, 1.82) is 0 Å². The highest BCUT2D eigenvalue weighted by Crippen LogP contribution is 2.21. The minimum Gasteiger partial charge on any atom is -0.390 e. The Morgan fingerprint density at radius 1 is 1.33 bits per heavy atom. The van der Waals surface area contributed by atoms with Crippen molar-refractivity contribution in [3.63, 3.8) is 0 Å². The van der Waals surface area contributed by atoms with Gasteiger partial charge in [-0.15, -0.1) is 0 Å². The van der Waals surface area contributed by atoms with Crippen LogP contribution < -0.4 is 0 Å². The summed E-state index contributed by atoms with van der Waals surface area (Å²) in [5, 5.41) is 19.0. The summed E-state index contributed by atoms with van der Waals surface area (Å²) in [5.41, 5.74) is 2.53. The molecule has 0 aliphatic rings. The molecule has 80 valence electrons. The van der Waals surface area contributed by atoms with Gasteiger partial charge in [-0.25, -0.2) is 4.98 Å². The van der Waals surface area contributed by atoms with Crippen LogP contribution in [0.3, 0.4) is 0 Å². The highest BCUT2D eigenvalue weighted by molar-refractivity contribution is 5.76. The molecule has 0 amide bonds. The standard InChI is InChI=1S/C11H14N2O2/c1-7(14)11(15)8-3-4-10-9(5-8)12-6-13(10)2/h3-7,11,14-15H,1-2H3. The van der Waals surface area contributed by atoms with E-state index in [1.54, 1.807) is 25.4 Å². The minimum atomic E-state index is -0.851. The summed E-state index contributed by atoms with van der Waals surface area (Å²) in [6, 6.07) is 5.50. The Labute approximate surface area is 87.8 Å². The summed E-state index contributed by atoms with van der Waals surface area (Å²) in [7, 11) is 1.92. The van der Waals surface area contributed by atoms with Gasteiger partial charge >= 0.3 is 0 Å². The summed E-state index contributed by atoms with van der Waals surface area (Å²) in [6.45, 7) is 1.56. The van der Waals surface area contributed by atoms with Gasteiger partial charge in [0, 0.05) is 7.05 Å². The Balaban J connectivity index is 2.47. The predicted octanol–water partition coefficient (Wildman–Crippen LogP) is 0.987. The summed E-state index contributed by atoms with van der Waals surface area (Å²) >= 11 is 0. The highest BCUT2D eigenvalue weighted by Gasteiger charge is 2.14. The van der Waals surface area contributed by atoms with E-state index in [1.807, 2.05) is 17.7 Å². The maximum atomic E-state index is 9.68. The van der Waals surface area contributed by atoms with Crippen LogP contribution in [0.4, 0.5) is 0 Å². The van der Waals surface area contributed by atoms with Crippen LogP contribution in [-0.2, 0) is 7.05 Å². The molecule has 15 heavy (non-hydrogen) atoms. The Bertz CT molecular complexity index is 476. The molecule has 1 aromatic heterocycles. The molecule has 0 bridgehead atoms. The third kappa shape index (κ3) is 1.73. The molecule has 0 saturated heterocycles. The summed E-state index contributed by atoms with van der Waals surface area (Å²) < 4.78 is 1.91. The molecule has 1 heterocycles. The summed E-state index contributed by atoms with van der Waals surface area (Å²) in [6.07, 6.45) is 0.103. The molecular weight excluding hydrogens is 192 g/mol. The number of rotatable bonds is 2. The molecule has 2 atom stereocenters. The van der Waals surface area contributed by atoms with Crippen molar-refractivity contribution in [2.75, 3.05) is 0 Å². The van der Waals surface area contributed by atoms with Gasteiger partial charge in [0.1, 0.15) is 6.10 Å². The molecule has 0 fully saturated rings. The number of hydrogen-bond donors (Lipinski definition) is 2.